The molecule has 3 aromatic rings. The summed E-state index contributed by atoms with van der Waals surface area (Å²) < 4.78 is 0. The molecule has 4 rings (SSSR count). The van der Waals surface area contributed by atoms with Crippen molar-refractivity contribution in [1.29, 1.82) is 0 Å². The lowest BCUT2D eigenvalue weighted by Gasteiger charge is -2.15. The summed E-state index contributed by atoms with van der Waals surface area (Å²) in [6, 6.07) is 25.6. The second-order valence-corrected chi connectivity index (χ2v) is 8.50. The molecule has 30 heavy (non-hydrogen) atoms. The molecule has 0 unspecified atom stereocenters. The van der Waals surface area contributed by atoms with Gasteiger partial charge in [0.15, 0.2) is 0 Å². The number of hydrogen-bond acceptors (Lipinski definition) is 3. The number of rotatable bonds is 6. The van der Waals surface area contributed by atoms with Gasteiger partial charge in [0.25, 0.3) is 11.8 Å². The van der Waals surface area contributed by atoms with Crippen LogP contribution in [-0.2, 0) is 16.0 Å². The molecule has 0 bridgehead atoms. The van der Waals surface area contributed by atoms with Crippen LogP contribution in [0.5, 0.6) is 0 Å². The fourth-order valence-electron chi connectivity index (χ4n) is 3.50. The van der Waals surface area contributed by atoms with Crippen molar-refractivity contribution in [3.63, 3.8) is 0 Å². The van der Waals surface area contributed by atoms with Crippen LogP contribution in [0.25, 0.3) is 5.57 Å². The van der Waals surface area contributed by atoms with E-state index in [1.807, 2.05) is 92.7 Å². The molecule has 0 saturated heterocycles. The second-order valence-electron chi connectivity index (χ2n) is 7.42. The number of imide groups is 1. The Morgan fingerprint density at radius 3 is 2.10 bits per heavy atom. The number of nitrogens with zero attached hydrogens (tertiary/aromatic N) is 1. The quantitative estimate of drug-likeness (QED) is 0.507. The van der Waals surface area contributed by atoms with Gasteiger partial charge in [-0.1, -0.05) is 78.5 Å². The summed E-state index contributed by atoms with van der Waals surface area (Å²) in [5.74, 6) is -0.421. The molecule has 0 atom stereocenters. The monoisotopic (exact) mass is 413 g/mol. The SMILES string of the molecule is Cc1ccc(C2=C(Sc3ccccc3)C(=O)N(CCc3ccccc3)C2=O)cc1C. The molecule has 0 saturated carbocycles. The standard InChI is InChI=1S/C26H23NO2S/c1-18-13-14-21(17-19(18)2)23-24(30-22-11-7-4-8-12-22)26(29)27(25(23)28)16-15-20-9-5-3-6-10-20/h3-14,17H,15-16H2,1-2H3. The van der Waals surface area contributed by atoms with Gasteiger partial charge in [0.05, 0.1) is 10.5 Å². The fraction of sp³-hybridized carbons (Fsp3) is 0.154. The zero-order valence-electron chi connectivity index (χ0n) is 17.1. The lowest BCUT2D eigenvalue weighted by atomic mass is 10.0. The maximum Gasteiger partial charge on any atom is 0.268 e. The van der Waals surface area contributed by atoms with Crippen LogP contribution in [0.15, 0.2) is 88.7 Å². The molecule has 150 valence electrons. The maximum absolute atomic E-state index is 13.4. The zero-order chi connectivity index (χ0) is 21.1. The zero-order valence-corrected chi connectivity index (χ0v) is 17.9. The first-order valence-electron chi connectivity index (χ1n) is 9.99. The molecule has 0 radical (unpaired) electrons. The smallest absolute Gasteiger partial charge is 0.268 e. The molecule has 0 spiro atoms. The molecule has 1 heterocycles. The lowest BCUT2D eigenvalue weighted by molar-refractivity contribution is -0.136. The Bertz CT molecular complexity index is 1120. The van der Waals surface area contributed by atoms with Crippen LogP contribution >= 0.6 is 11.8 Å². The molecule has 0 N–H and O–H groups in total. The van der Waals surface area contributed by atoms with Crippen molar-refractivity contribution in [3.8, 4) is 0 Å². The van der Waals surface area contributed by atoms with Gasteiger partial charge in [-0.25, -0.2) is 0 Å². The van der Waals surface area contributed by atoms with Gasteiger partial charge in [-0.15, -0.1) is 0 Å². The van der Waals surface area contributed by atoms with Gasteiger partial charge in [-0.3, -0.25) is 14.5 Å². The number of carbonyl (C=O) groups excluding carboxylic acids is 2. The minimum atomic E-state index is -0.211. The summed E-state index contributed by atoms with van der Waals surface area (Å²) in [6.45, 7) is 4.44. The predicted molar refractivity (Wildman–Crippen MR) is 122 cm³/mol. The minimum absolute atomic E-state index is 0.210. The molecule has 0 aliphatic carbocycles. The highest BCUT2D eigenvalue weighted by Crippen LogP contribution is 2.40. The van der Waals surface area contributed by atoms with E-state index < -0.39 is 0 Å². The highest BCUT2D eigenvalue weighted by atomic mass is 32.2. The van der Waals surface area contributed by atoms with Crippen molar-refractivity contribution in [2.45, 2.75) is 25.2 Å². The van der Waals surface area contributed by atoms with Crippen molar-refractivity contribution in [3.05, 3.63) is 106 Å². The fourth-order valence-corrected chi connectivity index (χ4v) is 4.53. The Hall–Kier alpha value is -3.11. The lowest BCUT2D eigenvalue weighted by Crippen LogP contribution is -2.33. The van der Waals surface area contributed by atoms with Crippen LogP contribution in [-0.4, -0.2) is 23.3 Å². The van der Waals surface area contributed by atoms with Crippen LogP contribution in [0.2, 0.25) is 0 Å². The molecule has 0 aromatic heterocycles. The van der Waals surface area contributed by atoms with E-state index in [2.05, 4.69) is 0 Å². The maximum atomic E-state index is 13.4. The third-order valence-corrected chi connectivity index (χ3v) is 6.44. The van der Waals surface area contributed by atoms with E-state index in [0.29, 0.717) is 23.4 Å². The summed E-state index contributed by atoms with van der Waals surface area (Å²) >= 11 is 1.37. The molecular weight excluding hydrogens is 390 g/mol. The van der Waals surface area contributed by atoms with E-state index >= 15 is 0 Å². The Morgan fingerprint density at radius 2 is 1.43 bits per heavy atom. The molecule has 1 aliphatic rings. The van der Waals surface area contributed by atoms with Gasteiger partial charge in [-0.05, 0) is 54.7 Å². The number of benzene rings is 3. The topological polar surface area (TPSA) is 37.4 Å². The van der Waals surface area contributed by atoms with Gasteiger partial charge < -0.3 is 0 Å². The third kappa shape index (κ3) is 4.10. The average Bonchev–Trinajstić information content (AvgIpc) is 2.99. The van der Waals surface area contributed by atoms with E-state index in [1.54, 1.807) is 0 Å². The molecule has 3 aromatic carbocycles. The summed E-state index contributed by atoms with van der Waals surface area (Å²) in [5.41, 5.74) is 4.68. The normalized spacial score (nSPS) is 14.0. The van der Waals surface area contributed by atoms with E-state index in [0.717, 1.165) is 27.1 Å². The Kier molecular flexibility index (Phi) is 5.86. The predicted octanol–water partition coefficient (Wildman–Crippen LogP) is 5.42. The molecule has 0 fully saturated rings. The number of aryl methyl sites for hydroxylation is 2. The largest absolute Gasteiger partial charge is 0.274 e. The first-order valence-corrected chi connectivity index (χ1v) is 10.8. The van der Waals surface area contributed by atoms with Crippen molar-refractivity contribution in [1.82, 2.24) is 4.90 Å². The van der Waals surface area contributed by atoms with Gasteiger partial charge in [-0.2, -0.15) is 0 Å². The summed E-state index contributed by atoms with van der Waals surface area (Å²) in [6.07, 6.45) is 0.641. The minimum Gasteiger partial charge on any atom is -0.274 e. The van der Waals surface area contributed by atoms with Gasteiger partial charge in [0.1, 0.15) is 0 Å². The first-order chi connectivity index (χ1) is 14.5. The Morgan fingerprint density at radius 1 is 0.767 bits per heavy atom. The van der Waals surface area contributed by atoms with Crippen LogP contribution in [0, 0.1) is 13.8 Å². The molecule has 4 heteroatoms. The second kappa shape index (κ2) is 8.72. The van der Waals surface area contributed by atoms with Crippen LogP contribution in [0.4, 0.5) is 0 Å². The number of thioether (sulfide) groups is 1. The Balaban J connectivity index is 1.69. The summed E-state index contributed by atoms with van der Waals surface area (Å²) in [7, 11) is 0. The van der Waals surface area contributed by atoms with Crippen LogP contribution in [0.1, 0.15) is 22.3 Å². The number of carbonyl (C=O) groups is 2. The Labute approximate surface area is 181 Å². The van der Waals surface area contributed by atoms with E-state index in [4.69, 9.17) is 0 Å². The van der Waals surface area contributed by atoms with Crippen LogP contribution in [0.3, 0.4) is 0 Å². The molecule has 3 nitrogen and oxygen atoms in total. The van der Waals surface area contributed by atoms with E-state index in [1.165, 1.54) is 16.7 Å². The molecule has 2 amide bonds. The van der Waals surface area contributed by atoms with Crippen molar-refractivity contribution >= 4 is 29.1 Å². The molecule has 1 aliphatic heterocycles. The number of amides is 2. The van der Waals surface area contributed by atoms with Crippen molar-refractivity contribution < 1.29 is 9.59 Å². The highest BCUT2D eigenvalue weighted by molar-refractivity contribution is 8.04. The van der Waals surface area contributed by atoms with E-state index in [-0.39, 0.29) is 11.8 Å². The number of hydrogen-bond donors (Lipinski definition) is 0. The van der Waals surface area contributed by atoms with Gasteiger partial charge in [0, 0.05) is 11.4 Å². The third-order valence-electron chi connectivity index (χ3n) is 5.35. The highest BCUT2D eigenvalue weighted by Gasteiger charge is 2.39. The van der Waals surface area contributed by atoms with Crippen molar-refractivity contribution in [2.24, 2.45) is 0 Å². The first kappa shape index (κ1) is 20.2. The molecular formula is C26H23NO2S. The summed E-state index contributed by atoms with van der Waals surface area (Å²) in [5, 5.41) is 0. The van der Waals surface area contributed by atoms with Crippen molar-refractivity contribution in [2.75, 3.05) is 6.54 Å². The van der Waals surface area contributed by atoms with E-state index in [9.17, 15) is 9.59 Å². The average molecular weight is 414 g/mol. The van der Waals surface area contributed by atoms with Gasteiger partial charge in [0.2, 0.25) is 0 Å². The summed E-state index contributed by atoms with van der Waals surface area (Å²) in [4.78, 5) is 29.5. The van der Waals surface area contributed by atoms with Gasteiger partial charge >= 0.3 is 0 Å². The van der Waals surface area contributed by atoms with Crippen LogP contribution < -0.4 is 0 Å².